The maximum absolute atomic E-state index is 7.17. The number of rotatable bonds is 0. The van der Waals surface area contributed by atoms with Gasteiger partial charge in [0.25, 0.3) is 0 Å². The van der Waals surface area contributed by atoms with Crippen molar-refractivity contribution in [2.75, 3.05) is 0 Å². The molecular formula is C16H16BBrO3. The summed E-state index contributed by atoms with van der Waals surface area (Å²) < 4.78 is 1.18. The minimum atomic E-state index is -2.17. The van der Waals surface area contributed by atoms with E-state index in [4.69, 9.17) is 15.1 Å². The molecule has 0 aliphatic carbocycles. The first-order valence-electron chi connectivity index (χ1n) is 6.52. The Morgan fingerprint density at radius 2 is 1.43 bits per heavy atom. The van der Waals surface area contributed by atoms with Crippen LogP contribution in [0.25, 0.3) is 21.5 Å². The van der Waals surface area contributed by atoms with Gasteiger partial charge in [-0.05, 0) is 64.7 Å². The third-order valence-corrected chi connectivity index (χ3v) is 4.30. The Labute approximate surface area is 132 Å². The summed E-state index contributed by atoms with van der Waals surface area (Å²) in [6.07, 6.45) is 0. The van der Waals surface area contributed by atoms with Crippen molar-refractivity contribution in [2.24, 2.45) is 0 Å². The standard InChI is InChI=1S/C16H13Br.BH3O3/c1-10-4-3-5-12-9-15-11(2)16(17)7-6-13(15)8-14(10)12;2-1(3)4/h3-9H,1-2H3;2-4H. The molecule has 0 radical (unpaired) electrons. The van der Waals surface area contributed by atoms with E-state index in [0.717, 1.165) is 0 Å². The van der Waals surface area contributed by atoms with E-state index in [-0.39, 0.29) is 0 Å². The van der Waals surface area contributed by atoms with Crippen molar-refractivity contribution < 1.29 is 15.1 Å². The first-order valence-corrected chi connectivity index (χ1v) is 7.32. The molecule has 3 rings (SSSR count). The van der Waals surface area contributed by atoms with Gasteiger partial charge in [0.1, 0.15) is 0 Å². The summed E-state index contributed by atoms with van der Waals surface area (Å²) in [7, 11) is -2.17. The number of hydrogen-bond acceptors (Lipinski definition) is 3. The third kappa shape index (κ3) is 3.63. The highest BCUT2D eigenvalue weighted by molar-refractivity contribution is 9.10. The summed E-state index contributed by atoms with van der Waals surface area (Å²) in [4.78, 5) is 0. The molecule has 108 valence electrons. The molecule has 0 heterocycles. The van der Waals surface area contributed by atoms with Gasteiger partial charge >= 0.3 is 7.32 Å². The molecule has 21 heavy (non-hydrogen) atoms. The second-order valence-electron chi connectivity index (χ2n) is 4.89. The molecule has 3 aromatic carbocycles. The van der Waals surface area contributed by atoms with Gasteiger partial charge < -0.3 is 15.1 Å². The Balaban J connectivity index is 0.000000361. The first-order chi connectivity index (χ1) is 9.90. The second-order valence-corrected chi connectivity index (χ2v) is 5.74. The molecule has 0 saturated carbocycles. The minimum Gasteiger partial charge on any atom is -0.402 e. The lowest BCUT2D eigenvalue weighted by atomic mass is 9.98. The highest BCUT2D eigenvalue weighted by atomic mass is 79.9. The molecule has 0 aliphatic rings. The molecule has 0 unspecified atom stereocenters. The fourth-order valence-corrected chi connectivity index (χ4v) is 2.72. The minimum absolute atomic E-state index is 1.18. The van der Waals surface area contributed by atoms with Gasteiger partial charge in [0.15, 0.2) is 0 Å². The number of halogens is 1. The topological polar surface area (TPSA) is 60.7 Å². The zero-order chi connectivity index (χ0) is 15.6. The number of fused-ring (bicyclic) bond motifs is 2. The number of hydrogen-bond donors (Lipinski definition) is 3. The molecule has 0 spiro atoms. The summed E-state index contributed by atoms with van der Waals surface area (Å²) in [5, 5.41) is 26.8. The third-order valence-electron chi connectivity index (χ3n) is 3.44. The molecule has 0 saturated heterocycles. The lowest BCUT2D eigenvalue weighted by molar-refractivity contribution is 0.278. The van der Waals surface area contributed by atoms with Crippen molar-refractivity contribution >= 4 is 44.8 Å². The zero-order valence-corrected chi connectivity index (χ0v) is 13.4. The Bertz CT molecular complexity index is 784. The molecule has 0 aliphatic heterocycles. The molecule has 3 nitrogen and oxygen atoms in total. The van der Waals surface area contributed by atoms with Gasteiger partial charge in [0, 0.05) is 4.47 Å². The highest BCUT2D eigenvalue weighted by Crippen LogP contribution is 2.30. The molecule has 3 aromatic rings. The van der Waals surface area contributed by atoms with Crippen LogP contribution in [0, 0.1) is 13.8 Å². The fraction of sp³-hybridized carbons (Fsp3) is 0.125. The van der Waals surface area contributed by atoms with Crippen molar-refractivity contribution in [1.82, 2.24) is 0 Å². The van der Waals surface area contributed by atoms with Crippen LogP contribution in [-0.2, 0) is 0 Å². The van der Waals surface area contributed by atoms with Crippen LogP contribution in [0.15, 0.2) is 46.9 Å². The van der Waals surface area contributed by atoms with E-state index in [2.05, 4.69) is 72.2 Å². The predicted octanol–water partition coefficient (Wildman–Crippen LogP) is 3.32. The van der Waals surface area contributed by atoms with Crippen LogP contribution in [0.2, 0.25) is 0 Å². The van der Waals surface area contributed by atoms with E-state index < -0.39 is 7.32 Å². The van der Waals surface area contributed by atoms with E-state index in [1.807, 2.05) is 0 Å². The van der Waals surface area contributed by atoms with E-state index in [9.17, 15) is 0 Å². The molecule has 3 N–H and O–H groups in total. The van der Waals surface area contributed by atoms with Gasteiger partial charge in [-0.15, -0.1) is 0 Å². The Morgan fingerprint density at radius 1 is 0.857 bits per heavy atom. The lowest BCUT2D eigenvalue weighted by Crippen LogP contribution is -2.07. The van der Waals surface area contributed by atoms with E-state index in [0.29, 0.717) is 0 Å². The zero-order valence-electron chi connectivity index (χ0n) is 11.8. The van der Waals surface area contributed by atoms with Gasteiger partial charge in [0.2, 0.25) is 0 Å². The second kappa shape index (κ2) is 6.58. The van der Waals surface area contributed by atoms with E-state index in [1.165, 1.54) is 37.1 Å². The van der Waals surface area contributed by atoms with Crippen LogP contribution in [0.1, 0.15) is 11.1 Å². The highest BCUT2D eigenvalue weighted by Gasteiger charge is 2.04. The number of aryl methyl sites for hydroxylation is 2. The largest absolute Gasteiger partial charge is 0.631 e. The Morgan fingerprint density at radius 3 is 2.10 bits per heavy atom. The van der Waals surface area contributed by atoms with Crippen LogP contribution < -0.4 is 0 Å². The average molecular weight is 347 g/mol. The summed E-state index contributed by atoms with van der Waals surface area (Å²) in [6.45, 7) is 4.33. The monoisotopic (exact) mass is 346 g/mol. The van der Waals surface area contributed by atoms with Crippen molar-refractivity contribution in [3.8, 4) is 0 Å². The molecule has 5 heteroatoms. The van der Waals surface area contributed by atoms with E-state index >= 15 is 0 Å². The maximum atomic E-state index is 7.17. The van der Waals surface area contributed by atoms with Crippen LogP contribution in [0.5, 0.6) is 0 Å². The van der Waals surface area contributed by atoms with Crippen molar-refractivity contribution in [1.29, 1.82) is 0 Å². The maximum Gasteiger partial charge on any atom is 0.631 e. The molecular weight excluding hydrogens is 331 g/mol. The summed E-state index contributed by atoms with van der Waals surface area (Å²) in [5.41, 5.74) is 2.65. The summed E-state index contributed by atoms with van der Waals surface area (Å²) in [5.74, 6) is 0. The van der Waals surface area contributed by atoms with Crippen molar-refractivity contribution in [3.05, 3.63) is 58.1 Å². The number of benzene rings is 3. The van der Waals surface area contributed by atoms with Crippen LogP contribution in [0.3, 0.4) is 0 Å². The molecule has 0 aromatic heterocycles. The van der Waals surface area contributed by atoms with Gasteiger partial charge in [-0.2, -0.15) is 0 Å². The van der Waals surface area contributed by atoms with Crippen LogP contribution >= 0.6 is 15.9 Å². The van der Waals surface area contributed by atoms with Gasteiger partial charge in [-0.3, -0.25) is 0 Å². The Hall–Kier alpha value is -1.40. The average Bonchev–Trinajstić information content (AvgIpc) is 2.42. The first kappa shape index (κ1) is 16.0. The predicted molar refractivity (Wildman–Crippen MR) is 91.0 cm³/mol. The fourth-order valence-electron chi connectivity index (χ4n) is 2.38. The van der Waals surface area contributed by atoms with Gasteiger partial charge in [0.05, 0.1) is 0 Å². The molecule has 0 fully saturated rings. The lowest BCUT2D eigenvalue weighted by Gasteiger charge is -2.08. The molecule has 0 bridgehead atoms. The molecule has 0 amide bonds. The van der Waals surface area contributed by atoms with Crippen LogP contribution in [0.4, 0.5) is 0 Å². The Kier molecular flexibility index (Phi) is 5.01. The quantitative estimate of drug-likeness (QED) is 0.432. The van der Waals surface area contributed by atoms with Crippen LogP contribution in [-0.4, -0.2) is 22.4 Å². The summed E-state index contributed by atoms with van der Waals surface area (Å²) >= 11 is 3.59. The summed E-state index contributed by atoms with van der Waals surface area (Å²) in [6, 6.07) is 15.4. The normalized spacial score (nSPS) is 10.4. The van der Waals surface area contributed by atoms with Gasteiger partial charge in [-0.25, -0.2) is 0 Å². The van der Waals surface area contributed by atoms with Gasteiger partial charge in [-0.1, -0.05) is 40.2 Å². The van der Waals surface area contributed by atoms with Crippen molar-refractivity contribution in [2.45, 2.75) is 13.8 Å². The van der Waals surface area contributed by atoms with Crippen molar-refractivity contribution in [3.63, 3.8) is 0 Å². The van der Waals surface area contributed by atoms with E-state index in [1.54, 1.807) is 0 Å². The smallest absolute Gasteiger partial charge is 0.402 e. The SMILES string of the molecule is Cc1cccc2cc3c(C)c(Br)ccc3cc12.OB(O)O. The molecule has 0 atom stereocenters.